The topological polar surface area (TPSA) is 35.0 Å². The van der Waals surface area contributed by atoms with Crippen LogP contribution in [0.15, 0.2) is 54.9 Å². The van der Waals surface area contributed by atoms with Gasteiger partial charge in [-0.15, -0.1) is 11.6 Å². The zero-order valence-corrected chi connectivity index (χ0v) is 11.5. The van der Waals surface area contributed by atoms with E-state index in [2.05, 4.69) is 16.0 Å². The number of pyridine rings is 2. The molecule has 0 unspecified atom stereocenters. The average molecular weight is 285 g/mol. The Bertz CT molecular complexity index is 708. The number of nitrogens with zero attached hydrogens (tertiary/aromatic N) is 2. The van der Waals surface area contributed by atoms with Crippen LogP contribution in [0, 0.1) is 0 Å². The van der Waals surface area contributed by atoms with E-state index >= 15 is 0 Å². The number of hydrogen-bond acceptors (Lipinski definition) is 3. The number of benzene rings is 1. The Kier molecular flexibility index (Phi) is 3.79. The fraction of sp³-hybridized carbons (Fsp3) is 0.125. The second-order valence-electron chi connectivity index (χ2n) is 4.39. The third kappa shape index (κ3) is 2.73. The van der Waals surface area contributed by atoms with Gasteiger partial charge in [-0.05, 0) is 24.3 Å². The molecule has 0 atom stereocenters. The molecule has 0 aliphatic heterocycles. The predicted octanol–water partition coefficient (Wildman–Crippen LogP) is 3.95. The van der Waals surface area contributed by atoms with E-state index in [-0.39, 0.29) is 0 Å². The lowest BCUT2D eigenvalue weighted by molar-refractivity contribution is 0.306. The van der Waals surface area contributed by atoms with E-state index in [1.165, 1.54) is 0 Å². The SMILES string of the molecule is ClCc1ccc(OCc2ccnc3ccccc23)cn1. The minimum absolute atomic E-state index is 0.412. The van der Waals surface area contributed by atoms with Crippen LogP contribution >= 0.6 is 11.6 Å². The monoisotopic (exact) mass is 284 g/mol. The van der Waals surface area contributed by atoms with Crippen molar-refractivity contribution in [3.05, 3.63) is 66.1 Å². The van der Waals surface area contributed by atoms with Crippen molar-refractivity contribution in [2.45, 2.75) is 12.5 Å². The number of hydrogen-bond donors (Lipinski definition) is 0. The van der Waals surface area contributed by atoms with Crippen molar-refractivity contribution in [3.63, 3.8) is 0 Å². The summed E-state index contributed by atoms with van der Waals surface area (Å²) in [5.74, 6) is 1.15. The number of para-hydroxylation sites is 1. The molecule has 0 N–H and O–H groups in total. The van der Waals surface area contributed by atoms with Gasteiger partial charge in [0.05, 0.1) is 23.3 Å². The summed E-state index contributed by atoms with van der Waals surface area (Å²) in [5, 5.41) is 1.11. The van der Waals surface area contributed by atoms with E-state index in [0.29, 0.717) is 12.5 Å². The van der Waals surface area contributed by atoms with E-state index in [1.54, 1.807) is 12.4 Å². The van der Waals surface area contributed by atoms with Crippen molar-refractivity contribution in [2.24, 2.45) is 0 Å². The van der Waals surface area contributed by atoms with Gasteiger partial charge in [-0.25, -0.2) is 0 Å². The quantitative estimate of drug-likeness (QED) is 0.681. The number of fused-ring (bicyclic) bond motifs is 1. The van der Waals surface area contributed by atoms with Crippen molar-refractivity contribution in [2.75, 3.05) is 0 Å². The Morgan fingerprint density at radius 2 is 1.90 bits per heavy atom. The standard InChI is InChI=1S/C16H13ClN2O/c17-9-13-5-6-14(10-19-13)20-11-12-7-8-18-16-4-2-1-3-15(12)16/h1-8,10H,9,11H2. The van der Waals surface area contributed by atoms with Gasteiger partial charge in [-0.3, -0.25) is 9.97 Å². The molecule has 3 rings (SSSR count). The van der Waals surface area contributed by atoms with Crippen LogP contribution in [-0.4, -0.2) is 9.97 Å². The Labute approximate surface area is 122 Å². The first kappa shape index (κ1) is 12.9. The van der Waals surface area contributed by atoms with E-state index in [4.69, 9.17) is 16.3 Å². The van der Waals surface area contributed by atoms with Gasteiger partial charge in [-0.1, -0.05) is 18.2 Å². The lowest BCUT2D eigenvalue weighted by Crippen LogP contribution is -1.98. The normalized spacial score (nSPS) is 10.7. The molecule has 2 heterocycles. The molecule has 20 heavy (non-hydrogen) atoms. The molecule has 2 aromatic heterocycles. The van der Waals surface area contributed by atoms with Crippen molar-refractivity contribution >= 4 is 22.5 Å². The molecule has 0 aliphatic carbocycles. The zero-order chi connectivity index (χ0) is 13.8. The van der Waals surface area contributed by atoms with E-state index in [9.17, 15) is 0 Å². The Balaban J connectivity index is 1.79. The van der Waals surface area contributed by atoms with Crippen molar-refractivity contribution in [1.29, 1.82) is 0 Å². The molecular weight excluding hydrogens is 272 g/mol. The van der Waals surface area contributed by atoms with Gasteiger partial charge in [0.2, 0.25) is 0 Å². The summed E-state index contributed by atoms with van der Waals surface area (Å²) in [5.41, 5.74) is 2.93. The molecule has 100 valence electrons. The van der Waals surface area contributed by atoms with E-state index in [1.807, 2.05) is 36.4 Å². The molecule has 0 aliphatic rings. The third-order valence-electron chi connectivity index (χ3n) is 3.07. The number of rotatable bonds is 4. The third-order valence-corrected chi connectivity index (χ3v) is 3.34. The first-order valence-corrected chi connectivity index (χ1v) is 6.86. The lowest BCUT2D eigenvalue weighted by Gasteiger charge is -2.08. The van der Waals surface area contributed by atoms with Crippen LogP contribution < -0.4 is 4.74 Å². The zero-order valence-electron chi connectivity index (χ0n) is 10.8. The molecular formula is C16H13ClN2O. The predicted molar refractivity (Wildman–Crippen MR) is 79.9 cm³/mol. The molecule has 4 heteroatoms. The fourth-order valence-electron chi connectivity index (χ4n) is 2.02. The number of halogens is 1. The Hall–Kier alpha value is -2.13. The molecule has 1 aromatic carbocycles. The molecule has 0 spiro atoms. The summed E-state index contributed by atoms with van der Waals surface area (Å²) in [7, 11) is 0. The summed E-state index contributed by atoms with van der Waals surface area (Å²) in [6.45, 7) is 0.491. The molecule has 0 radical (unpaired) electrons. The van der Waals surface area contributed by atoms with Crippen LogP contribution in [0.25, 0.3) is 10.9 Å². The largest absolute Gasteiger partial charge is 0.487 e. The van der Waals surface area contributed by atoms with E-state index in [0.717, 1.165) is 27.9 Å². The van der Waals surface area contributed by atoms with Gasteiger partial charge in [0.25, 0.3) is 0 Å². The minimum Gasteiger partial charge on any atom is -0.487 e. The van der Waals surface area contributed by atoms with Crippen LogP contribution in [0.4, 0.5) is 0 Å². The van der Waals surface area contributed by atoms with Gasteiger partial charge in [0.15, 0.2) is 0 Å². The fourth-order valence-corrected chi connectivity index (χ4v) is 2.18. The number of alkyl halides is 1. The van der Waals surface area contributed by atoms with Crippen LogP contribution in [0.2, 0.25) is 0 Å². The van der Waals surface area contributed by atoms with Crippen LogP contribution in [0.1, 0.15) is 11.3 Å². The first-order valence-electron chi connectivity index (χ1n) is 6.33. The van der Waals surface area contributed by atoms with Crippen molar-refractivity contribution < 1.29 is 4.74 Å². The van der Waals surface area contributed by atoms with Gasteiger partial charge >= 0.3 is 0 Å². The van der Waals surface area contributed by atoms with Gasteiger partial charge in [0.1, 0.15) is 12.4 Å². The highest BCUT2D eigenvalue weighted by molar-refractivity contribution is 6.16. The molecule has 0 saturated carbocycles. The average Bonchev–Trinajstić information content (AvgIpc) is 2.53. The van der Waals surface area contributed by atoms with Crippen molar-refractivity contribution in [3.8, 4) is 5.75 Å². The second kappa shape index (κ2) is 5.88. The van der Waals surface area contributed by atoms with Crippen LogP contribution in [0.3, 0.4) is 0 Å². The maximum atomic E-state index is 5.77. The maximum Gasteiger partial charge on any atom is 0.138 e. The Morgan fingerprint density at radius 1 is 1.00 bits per heavy atom. The highest BCUT2D eigenvalue weighted by Gasteiger charge is 2.02. The minimum atomic E-state index is 0.412. The van der Waals surface area contributed by atoms with Gasteiger partial charge in [0, 0.05) is 17.1 Å². The molecule has 0 saturated heterocycles. The molecule has 0 amide bonds. The van der Waals surface area contributed by atoms with Crippen LogP contribution in [-0.2, 0) is 12.5 Å². The maximum absolute atomic E-state index is 5.77. The summed E-state index contributed by atoms with van der Waals surface area (Å²) in [4.78, 5) is 8.54. The van der Waals surface area contributed by atoms with Crippen LogP contribution in [0.5, 0.6) is 5.75 Å². The number of aromatic nitrogens is 2. The smallest absolute Gasteiger partial charge is 0.138 e. The first-order chi connectivity index (χ1) is 9.86. The van der Waals surface area contributed by atoms with Gasteiger partial charge in [-0.2, -0.15) is 0 Å². The highest BCUT2D eigenvalue weighted by atomic mass is 35.5. The highest BCUT2D eigenvalue weighted by Crippen LogP contribution is 2.18. The number of ether oxygens (including phenoxy) is 1. The molecule has 0 bridgehead atoms. The summed E-state index contributed by atoms with van der Waals surface area (Å²) >= 11 is 5.71. The molecule has 0 fully saturated rings. The Morgan fingerprint density at radius 3 is 2.70 bits per heavy atom. The molecule has 3 nitrogen and oxygen atoms in total. The summed E-state index contributed by atoms with van der Waals surface area (Å²) < 4.78 is 5.77. The molecule has 3 aromatic rings. The lowest BCUT2D eigenvalue weighted by atomic mass is 10.1. The summed E-state index contributed by atoms with van der Waals surface area (Å²) in [6, 6.07) is 13.8. The summed E-state index contributed by atoms with van der Waals surface area (Å²) in [6.07, 6.45) is 3.50. The van der Waals surface area contributed by atoms with E-state index < -0.39 is 0 Å². The second-order valence-corrected chi connectivity index (χ2v) is 4.66. The van der Waals surface area contributed by atoms with Crippen molar-refractivity contribution in [1.82, 2.24) is 9.97 Å². The van der Waals surface area contributed by atoms with Gasteiger partial charge < -0.3 is 4.74 Å².